The van der Waals surface area contributed by atoms with Gasteiger partial charge in [0.05, 0.1) is 14.2 Å². The lowest BCUT2D eigenvalue weighted by Crippen LogP contribution is -2.34. The van der Waals surface area contributed by atoms with E-state index in [-0.39, 0.29) is 39.0 Å². The summed E-state index contributed by atoms with van der Waals surface area (Å²) in [4.78, 5) is 3.99. The van der Waals surface area contributed by atoms with Gasteiger partial charge in [-0.25, -0.2) is 9.65 Å². The molecule has 56 heavy (non-hydrogen) atoms. The summed E-state index contributed by atoms with van der Waals surface area (Å²) >= 11 is 0. The van der Waals surface area contributed by atoms with Crippen molar-refractivity contribution in [3.05, 3.63) is 119 Å². The third kappa shape index (κ3) is 15.9. The van der Waals surface area contributed by atoms with Gasteiger partial charge < -0.3 is 38.2 Å². The van der Waals surface area contributed by atoms with E-state index in [2.05, 4.69) is 41.5 Å². The Kier molecular flexibility index (Phi) is 19.1. The molecule has 4 aromatic carbocycles. The zero-order valence-corrected chi connectivity index (χ0v) is 34.9. The summed E-state index contributed by atoms with van der Waals surface area (Å²) in [6.45, 7) is 1.07. The maximum Gasteiger partial charge on any atom is 0.409 e. The van der Waals surface area contributed by atoms with Crippen LogP contribution in [0.3, 0.4) is 0 Å². The van der Waals surface area contributed by atoms with Gasteiger partial charge in [-0.1, -0.05) is 60.7 Å². The van der Waals surface area contributed by atoms with Gasteiger partial charge in [0, 0.05) is 13.1 Å². The highest BCUT2D eigenvalue weighted by atomic mass is 31.2. The summed E-state index contributed by atoms with van der Waals surface area (Å²) in [5.41, 5.74) is 4.56. The van der Waals surface area contributed by atoms with E-state index in [9.17, 15) is 4.57 Å². The molecule has 0 heterocycles. The highest BCUT2D eigenvalue weighted by molar-refractivity contribution is 7.51. The largest absolute Gasteiger partial charge is 0.497 e. The summed E-state index contributed by atoms with van der Waals surface area (Å²) in [5.74, 6) is 3.26. The van der Waals surface area contributed by atoms with Crippen LogP contribution in [-0.4, -0.2) is 111 Å². The molecule has 0 aliphatic carbocycles. The fourth-order valence-electron chi connectivity index (χ4n) is 5.96. The molecular weight excluding hydrogens is 733 g/mol. The van der Waals surface area contributed by atoms with Gasteiger partial charge in [-0.3, -0.25) is 9.05 Å². The van der Waals surface area contributed by atoms with Crippen LogP contribution in [0.1, 0.15) is 22.3 Å². The number of ether oxygens (including phenoxy) is 6. The van der Waals surface area contributed by atoms with Gasteiger partial charge in [-0.15, -0.1) is 0 Å². The van der Waals surface area contributed by atoms with Crippen LogP contribution >= 0.6 is 7.75 Å². The van der Waals surface area contributed by atoms with E-state index < -0.39 is 7.75 Å². The molecular formula is C43H60N3O9P. The Hall–Kier alpha value is -3.97. The van der Waals surface area contributed by atoms with E-state index in [0.717, 1.165) is 59.8 Å². The molecule has 13 heteroatoms. The van der Waals surface area contributed by atoms with Crippen molar-refractivity contribution in [2.45, 2.75) is 37.9 Å². The second-order valence-electron chi connectivity index (χ2n) is 13.9. The minimum atomic E-state index is -3.77. The van der Waals surface area contributed by atoms with Gasteiger partial charge in [0.2, 0.25) is 0 Å². The molecule has 0 spiro atoms. The molecule has 1 N–H and O–H groups in total. The van der Waals surface area contributed by atoms with E-state index in [1.54, 1.807) is 14.2 Å². The number of nitrogens with one attached hydrogen (secondary N) is 1. The monoisotopic (exact) mass is 793 g/mol. The fraction of sp³-hybridized carbons (Fsp3) is 0.442. The Labute approximate surface area is 333 Å². The predicted octanol–water partition coefficient (Wildman–Crippen LogP) is 6.90. The maximum absolute atomic E-state index is 13.5. The number of methoxy groups -OCH3 is 2. The highest BCUT2D eigenvalue weighted by Crippen LogP contribution is 2.43. The molecule has 0 aliphatic rings. The number of para-hydroxylation sites is 2. The van der Waals surface area contributed by atoms with E-state index in [1.165, 1.54) is 18.2 Å². The minimum Gasteiger partial charge on any atom is -0.497 e. The van der Waals surface area contributed by atoms with E-state index in [1.807, 2.05) is 98.7 Å². The molecule has 0 saturated heterocycles. The molecule has 306 valence electrons. The van der Waals surface area contributed by atoms with Crippen molar-refractivity contribution in [3.63, 3.8) is 0 Å². The summed E-state index contributed by atoms with van der Waals surface area (Å²) in [7, 11) is 8.89. The first-order valence-electron chi connectivity index (χ1n) is 18.9. The average molecular weight is 794 g/mol. The van der Waals surface area contributed by atoms with Gasteiger partial charge >= 0.3 is 7.75 Å². The van der Waals surface area contributed by atoms with E-state index in [0.29, 0.717) is 13.1 Å². The zero-order chi connectivity index (χ0) is 40.2. The molecule has 0 fully saturated rings. The Morgan fingerprint density at radius 1 is 0.589 bits per heavy atom. The maximum atomic E-state index is 13.5. The molecule has 0 radical (unpaired) electrons. The van der Waals surface area contributed by atoms with Gasteiger partial charge in [0.25, 0.3) is 0 Å². The molecule has 12 nitrogen and oxygen atoms in total. The Balaban J connectivity index is 1.26. The number of hydrogen-bond acceptors (Lipinski definition) is 11. The van der Waals surface area contributed by atoms with E-state index in [4.69, 9.17) is 37.5 Å². The lowest BCUT2D eigenvalue weighted by molar-refractivity contribution is -0.0869. The minimum absolute atomic E-state index is 0.266. The number of benzene rings is 4. The van der Waals surface area contributed by atoms with Crippen LogP contribution in [0.4, 0.5) is 0 Å². The first-order chi connectivity index (χ1) is 27.1. The predicted molar refractivity (Wildman–Crippen MR) is 220 cm³/mol. The highest BCUT2D eigenvalue weighted by Gasteiger charge is 2.25. The normalized spacial score (nSPS) is 12.8. The summed E-state index contributed by atoms with van der Waals surface area (Å²) < 4.78 is 60.2. The number of hydrogen-bond donors (Lipinski definition) is 1. The van der Waals surface area contributed by atoms with Crippen LogP contribution in [0.2, 0.25) is 0 Å². The molecule has 2 atom stereocenters. The van der Waals surface area contributed by atoms with Crippen molar-refractivity contribution in [1.82, 2.24) is 14.9 Å². The van der Waals surface area contributed by atoms with Crippen molar-refractivity contribution < 1.29 is 42.0 Å². The van der Waals surface area contributed by atoms with Crippen LogP contribution in [0.5, 0.6) is 23.0 Å². The molecule has 0 aliphatic heterocycles. The van der Waals surface area contributed by atoms with E-state index >= 15 is 0 Å². The first kappa shape index (κ1) is 44.7. The van der Waals surface area contributed by atoms with Crippen molar-refractivity contribution in [2.75, 3.05) is 89.3 Å². The summed E-state index contributed by atoms with van der Waals surface area (Å²) in [5, 5.41) is 2.66. The lowest BCUT2D eigenvalue weighted by atomic mass is 10.0. The van der Waals surface area contributed by atoms with Crippen LogP contribution in [0, 0.1) is 0 Å². The van der Waals surface area contributed by atoms with Crippen molar-refractivity contribution in [3.8, 4) is 23.0 Å². The van der Waals surface area contributed by atoms with Crippen LogP contribution < -0.4 is 24.0 Å². The molecule has 4 rings (SSSR count). The van der Waals surface area contributed by atoms with Crippen LogP contribution in [-0.2, 0) is 48.8 Å². The number of aryl methyl sites for hydroxylation is 4. The van der Waals surface area contributed by atoms with Crippen molar-refractivity contribution in [2.24, 2.45) is 0 Å². The Morgan fingerprint density at radius 3 is 1.41 bits per heavy atom. The second kappa shape index (κ2) is 23.9. The molecule has 0 bridgehead atoms. The average Bonchev–Trinajstić information content (AvgIpc) is 3.20. The standard InChI is InChI=1S/C43H60N3O9P/c1-44-56(47,54-32-52-40(28-45(2)3)30-50-42-20-10-8-16-36(42)24-22-34-14-12-18-38(26-34)48-6)55-33-53-41(29-46(4)5)31-51-43-21-11-9-17-37(43)25-23-35-15-13-19-39(27-35)49-7/h8-21,26-27,40-41H,22-25,28-33H2,1-7H3,(H,44,47)/t40-,41-/m1/s1. The lowest BCUT2D eigenvalue weighted by Gasteiger charge is -2.25. The third-order valence-corrected chi connectivity index (χ3v) is 10.3. The Bertz CT molecular complexity index is 1650. The summed E-state index contributed by atoms with van der Waals surface area (Å²) in [6, 6.07) is 32.2. The summed E-state index contributed by atoms with van der Waals surface area (Å²) in [6.07, 6.45) is 2.53. The topological polar surface area (TPSA) is 109 Å². The first-order valence-corrected chi connectivity index (χ1v) is 20.4. The Morgan fingerprint density at radius 2 is 1.02 bits per heavy atom. The van der Waals surface area contributed by atoms with Crippen molar-refractivity contribution in [1.29, 1.82) is 0 Å². The van der Waals surface area contributed by atoms with Crippen molar-refractivity contribution >= 4 is 7.75 Å². The van der Waals surface area contributed by atoms with Crippen LogP contribution in [0.25, 0.3) is 0 Å². The number of likely N-dealkylation sites (N-methyl/N-ethyl adjacent to an activating group) is 2. The number of nitrogens with zero attached hydrogens (tertiary/aromatic N) is 2. The molecule has 4 aromatic rings. The fourth-order valence-corrected chi connectivity index (χ4v) is 6.69. The SMILES string of the molecule is CNP(=O)(OCO[C@@H](COc1ccccc1CCc1cccc(OC)c1)CN(C)C)OCO[C@@H](COc1ccccc1CCc1cccc(OC)c1)CN(C)C. The van der Waals surface area contributed by atoms with Gasteiger partial charge in [-0.2, -0.15) is 0 Å². The number of rotatable bonds is 27. The zero-order valence-electron chi connectivity index (χ0n) is 34.0. The third-order valence-electron chi connectivity index (χ3n) is 8.89. The van der Waals surface area contributed by atoms with Gasteiger partial charge in [0.15, 0.2) is 13.6 Å². The molecule has 0 amide bonds. The smallest absolute Gasteiger partial charge is 0.409 e. The quantitative estimate of drug-likeness (QED) is 0.0501. The van der Waals surface area contributed by atoms with Gasteiger partial charge in [-0.05, 0) is 120 Å². The second-order valence-corrected chi connectivity index (χ2v) is 15.8. The molecule has 0 aromatic heterocycles. The molecule has 0 unspecified atom stereocenters. The van der Waals surface area contributed by atoms with Gasteiger partial charge in [0.1, 0.15) is 48.4 Å². The van der Waals surface area contributed by atoms with Crippen LogP contribution in [0.15, 0.2) is 97.1 Å². The molecule has 0 saturated carbocycles.